The number of benzene rings is 1. The lowest BCUT2D eigenvalue weighted by atomic mass is 9.93. The van der Waals surface area contributed by atoms with Gasteiger partial charge >= 0.3 is 0 Å². The number of nitrogens with zero attached hydrogens (tertiary/aromatic N) is 1. The average molecular weight is 315 g/mol. The Balaban J connectivity index is 0.000000924. The molecule has 1 aromatic carbocycles. The van der Waals surface area contributed by atoms with Crippen LogP contribution >= 0.6 is 0 Å². The van der Waals surface area contributed by atoms with E-state index < -0.39 is 0 Å². The minimum absolute atomic E-state index is 0.716. The van der Waals surface area contributed by atoms with Crippen LogP contribution in [0.4, 0.5) is 0 Å². The lowest BCUT2D eigenvalue weighted by Gasteiger charge is -2.32. The van der Waals surface area contributed by atoms with E-state index in [-0.39, 0.29) is 0 Å². The van der Waals surface area contributed by atoms with Crippen molar-refractivity contribution in [3.05, 3.63) is 35.5 Å². The van der Waals surface area contributed by atoms with Gasteiger partial charge in [-0.1, -0.05) is 39.8 Å². The first-order valence-corrected chi connectivity index (χ1v) is 9.43. The fourth-order valence-corrected chi connectivity index (χ4v) is 3.39. The van der Waals surface area contributed by atoms with Gasteiger partial charge in [-0.05, 0) is 74.8 Å². The van der Waals surface area contributed by atoms with Crippen LogP contribution in [0.25, 0.3) is 10.9 Å². The zero-order valence-corrected chi connectivity index (χ0v) is 15.7. The average Bonchev–Trinajstić information content (AvgIpc) is 2.98. The number of H-pyrrole nitrogens is 1. The lowest BCUT2D eigenvalue weighted by Crippen LogP contribution is -2.34. The van der Waals surface area contributed by atoms with E-state index in [2.05, 4.69) is 54.9 Å². The third-order valence-electron chi connectivity index (χ3n) is 4.85. The fraction of sp³-hybridized carbons (Fsp3) is 0.619. The molecule has 128 valence electrons. The standard InChI is InChI=1S/C19H28N2.C2H6/c1-14(2)6-9-21-10-7-16(8-11-21)19-13-17-5-4-15(3)12-18(17)20-19;1-2/h4-5,12-14,16,20H,6-11H2,1-3H3;1-2H3. The van der Waals surface area contributed by atoms with Crippen LogP contribution in [0.1, 0.15) is 64.1 Å². The fourth-order valence-electron chi connectivity index (χ4n) is 3.39. The number of nitrogens with one attached hydrogen (secondary N) is 1. The van der Waals surface area contributed by atoms with Gasteiger partial charge in [-0.25, -0.2) is 0 Å². The highest BCUT2D eigenvalue weighted by molar-refractivity contribution is 5.81. The van der Waals surface area contributed by atoms with Gasteiger partial charge in [0.2, 0.25) is 0 Å². The van der Waals surface area contributed by atoms with Gasteiger partial charge in [0.05, 0.1) is 0 Å². The van der Waals surface area contributed by atoms with Gasteiger partial charge in [0.25, 0.3) is 0 Å². The Morgan fingerprint density at radius 2 is 1.83 bits per heavy atom. The van der Waals surface area contributed by atoms with E-state index >= 15 is 0 Å². The molecule has 0 radical (unpaired) electrons. The van der Waals surface area contributed by atoms with E-state index in [0.29, 0.717) is 5.92 Å². The van der Waals surface area contributed by atoms with Crippen molar-refractivity contribution in [1.29, 1.82) is 0 Å². The normalized spacial score (nSPS) is 16.6. The molecule has 2 nitrogen and oxygen atoms in total. The summed E-state index contributed by atoms with van der Waals surface area (Å²) < 4.78 is 0. The highest BCUT2D eigenvalue weighted by atomic mass is 15.1. The number of piperidine rings is 1. The maximum Gasteiger partial charge on any atom is 0.0458 e. The summed E-state index contributed by atoms with van der Waals surface area (Å²) in [6.45, 7) is 14.6. The van der Waals surface area contributed by atoms with Crippen molar-refractivity contribution in [2.45, 2.75) is 59.8 Å². The van der Waals surface area contributed by atoms with E-state index in [1.165, 1.54) is 61.1 Å². The zero-order chi connectivity index (χ0) is 16.8. The predicted octanol–water partition coefficient (Wildman–Crippen LogP) is 5.73. The number of hydrogen-bond donors (Lipinski definition) is 1. The maximum atomic E-state index is 3.65. The van der Waals surface area contributed by atoms with Crippen LogP contribution in [0.2, 0.25) is 0 Å². The van der Waals surface area contributed by atoms with Crippen LogP contribution in [0, 0.1) is 12.8 Å². The lowest BCUT2D eigenvalue weighted by molar-refractivity contribution is 0.201. The maximum absolute atomic E-state index is 3.65. The van der Waals surface area contributed by atoms with Crippen LogP contribution in [0.5, 0.6) is 0 Å². The monoisotopic (exact) mass is 314 g/mol. The van der Waals surface area contributed by atoms with Crippen molar-refractivity contribution in [3.8, 4) is 0 Å². The molecule has 1 aliphatic rings. The molecule has 1 aliphatic heterocycles. The quantitative estimate of drug-likeness (QED) is 0.763. The molecule has 0 atom stereocenters. The summed E-state index contributed by atoms with van der Waals surface area (Å²) in [4.78, 5) is 6.29. The minimum atomic E-state index is 0.716. The molecule has 1 fully saturated rings. The van der Waals surface area contributed by atoms with Crippen molar-refractivity contribution in [2.75, 3.05) is 19.6 Å². The second-order valence-electron chi connectivity index (χ2n) is 7.11. The summed E-state index contributed by atoms with van der Waals surface area (Å²) in [5, 5.41) is 1.36. The SMILES string of the molecule is CC.Cc1ccc2cc(C3CCN(CCC(C)C)CC3)[nH]c2c1. The van der Waals surface area contributed by atoms with Crippen molar-refractivity contribution < 1.29 is 0 Å². The van der Waals surface area contributed by atoms with E-state index in [1.807, 2.05) is 13.8 Å². The van der Waals surface area contributed by atoms with E-state index in [0.717, 1.165) is 5.92 Å². The second-order valence-corrected chi connectivity index (χ2v) is 7.11. The van der Waals surface area contributed by atoms with Crippen LogP contribution in [0.15, 0.2) is 24.3 Å². The summed E-state index contributed by atoms with van der Waals surface area (Å²) in [7, 11) is 0. The van der Waals surface area contributed by atoms with E-state index in [4.69, 9.17) is 0 Å². The molecule has 1 aromatic heterocycles. The predicted molar refractivity (Wildman–Crippen MR) is 102 cm³/mol. The van der Waals surface area contributed by atoms with Gasteiger partial charge in [0.15, 0.2) is 0 Å². The topological polar surface area (TPSA) is 19.0 Å². The molecule has 2 heteroatoms. The molecular weight excluding hydrogens is 280 g/mol. The van der Waals surface area contributed by atoms with Crippen molar-refractivity contribution in [2.24, 2.45) is 5.92 Å². The first-order valence-electron chi connectivity index (χ1n) is 9.43. The second kappa shape index (κ2) is 8.54. The number of aromatic amines is 1. The van der Waals surface area contributed by atoms with Crippen molar-refractivity contribution >= 4 is 10.9 Å². The molecule has 1 saturated heterocycles. The molecule has 0 unspecified atom stereocenters. The molecule has 2 heterocycles. The number of hydrogen-bond acceptors (Lipinski definition) is 1. The summed E-state index contributed by atoms with van der Waals surface area (Å²) >= 11 is 0. The van der Waals surface area contributed by atoms with Crippen LogP contribution in [-0.4, -0.2) is 29.5 Å². The number of rotatable bonds is 4. The van der Waals surface area contributed by atoms with Crippen LogP contribution in [-0.2, 0) is 0 Å². The number of aryl methyl sites for hydroxylation is 1. The Morgan fingerprint density at radius 3 is 2.48 bits per heavy atom. The number of likely N-dealkylation sites (tertiary alicyclic amines) is 1. The van der Waals surface area contributed by atoms with Gasteiger partial charge in [-0.2, -0.15) is 0 Å². The third-order valence-corrected chi connectivity index (χ3v) is 4.85. The van der Waals surface area contributed by atoms with Gasteiger partial charge in [0, 0.05) is 17.1 Å². The zero-order valence-electron chi connectivity index (χ0n) is 15.7. The highest BCUT2D eigenvalue weighted by Crippen LogP contribution is 2.30. The van der Waals surface area contributed by atoms with Gasteiger partial charge in [-0.15, -0.1) is 0 Å². The molecule has 2 aromatic rings. The molecular formula is C21H34N2. The molecule has 1 N–H and O–H groups in total. The molecule has 0 amide bonds. The molecule has 0 aliphatic carbocycles. The van der Waals surface area contributed by atoms with E-state index in [9.17, 15) is 0 Å². The number of aromatic nitrogens is 1. The van der Waals surface area contributed by atoms with Gasteiger partial charge in [0.1, 0.15) is 0 Å². The molecule has 23 heavy (non-hydrogen) atoms. The van der Waals surface area contributed by atoms with Crippen LogP contribution < -0.4 is 0 Å². The largest absolute Gasteiger partial charge is 0.358 e. The molecule has 0 bridgehead atoms. The summed E-state index contributed by atoms with van der Waals surface area (Å²) in [6.07, 6.45) is 3.92. The van der Waals surface area contributed by atoms with Gasteiger partial charge in [-0.3, -0.25) is 0 Å². The van der Waals surface area contributed by atoms with E-state index in [1.54, 1.807) is 0 Å². The summed E-state index contributed by atoms with van der Waals surface area (Å²) in [5.74, 6) is 1.53. The summed E-state index contributed by atoms with van der Waals surface area (Å²) in [5.41, 5.74) is 4.07. The Bertz CT molecular complexity index is 589. The molecule has 3 rings (SSSR count). The van der Waals surface area contributed by atoms with Crippen LogP contribution in [0.3, 0.4) is 0 Å². The number of fused-ring (bicyclic) bond motifs is 1. The third kappa shape index (κ3) is 4.84. The Hall–Kier alpha value is -1.28. The Morgan fingerprint density at radius 1 is 1.13 bits per heavy atom. The molecule has 0 spiro atoms. The first kappa shape index (κ1) is 18.1. The first-order chi connectivity index (χ1) is 11.1. The van der Waals surface area contributed by atoms with Crippen molar-refractivity contribution in [1.82, 2.24) is 9.88 Å². The highest BCUT2D eigenvalue weighted by Gasteiger charge is 2.21. The minimum Gasteiger partial charge on any atom is -0.358 e. The smallest absolute Gasteiger partial charge is 0.0458 e. The van der Waals surface area contributed by atoms with Crippen molar-refractivity contribution in [3.63, 3.8) is 0 Å². The Kier molecular flexibility index (Phi) is 6.71. The molecule has 0 saturated carbocycles. The van der Waals surface area contributed by atoms with Gasteiger partial charge < -0.3 is 9.88 Å². The Labute approximate surface area is 142 Å². The summed E-state index contributed by atoms with van der Waals surface area (Å²) in [6, 6.07) is 9.07.